The molecule has 4 amide bonds. The summed E-state index contributed by atoms with van der Waals surface area (Å²) in [6, 6.07) is 1.29. The van der Waals surface area contributed by atoms with E-state index in [-0.39, 0.29) is 5.57 Å². The number of nitrogens with zero attached hydrogens (tertiary/aromatic N) is 3. The maximum absolute atomic E-state index is 12.2. The van der Waals surface area contributed by atoms with Crippen molar-refractivity contribution in [1.82, 2.24) is 14.4 Å². The zero-order chi connectivity index (χ0) is 17.3. The SMILES string of the molecule is COCCn1c(C)cc(C=C2C(=O)N(C)C(=O)N(C)C2=O)c1C. The highest BCUT2D eigenvalue weighted by molar-refractivity contribution is 6.30. The lowest BCUT2D eigenvalue weighted by molar-refractivity contribution is -0.134. The van der Waals surface area contributed by atoms with Gasteiger partial charge in [0.1, 0.15) is 5.57 Å². The van der Waals surface area contributed by atoms with E-state index in [1.807, 2.05) is 19.9 Å². The number of hydrogen-bond donors (Lipinski definition) is 0. The highest BCUT2D eigenvalue weighted by atomic mass is 16.5. The molecule has 1 aromatic heterocycles. The second kappa shape index (κ2) is 6.37. The summed E-state index contributed by atoms with van der Waals surface area (Å²) < 4.78 is 7.16. The van der Waals surface area contributed by atoms with Crippen LogP contribution in [0.5, 0.6) is 0 Å². The Morgan fingerprint density at radius 2 is 1.65 bits per heavy atom. The van der Waals surface area contributed by atoms with Crippen molar-refractivity contribution in [2.24, 2.45) is 0 Å². The molecule has 0 radical (unpaired) electrons. The number of imide groups is 2. The second-order valence-electron chi connectivity index (χ2n) is 5.54. The van der Waals surface area contributed by atoms with Crippen molar-refractivity contribution in [1.29, 1.82) is 0 Å². The summed E-state index contributed by atoms with van der Waals surface area (Å²) in [4.78, 5) is 38.1. The molecule has 1 aromatic rings. The van der Waals surface area contributed by atoms with Gasteiger partial charge in [-0.3, -0.25) is 19.4 Å². The number of carbonyl (C=O) groups is 3. The fourth-order valence-electron chi connectivity index (χ4n) is 2.63. The van der Waals surface area contributed by atoms with Crippen molar-refractivity contribution in [3.05, 3.63) is 28.6 Å². The van der Waals surface area contributed by atoms with E-state index in [9.17, 15) is 14.4 Å². The average Bonchev–Trinajstić information content (AvgIpc) is 2.79. The van der Waals surface area contributed by atoms with Crippen LogP contribution in [0.4, 0.5) is 4.79 Å². The van der Waals surface area contributed by atoms with Gasteiger partial charge in [0.25, 0.3) is 11.8 Å². The van der Waals surface area contributed by atoms with Crippen LogP contribution in [0.15, 0.2) is 11.6 Å². The Labute approximate surface area is 135 Å². The number of ether oxygens (including phenoxy) is 1. The highest BCUT2D eigenvalue weighted by Gasteiger charge is 2.37. The van der Waals surface area contributed by atoms with Gasteiger partial charge in [-0.1, -0.05) is 0 Å². The van der Waals surface area contributed by atoms with Crippen LogP contribution in [-0.4, -0.2) is 60.0 Å². The van der Waals surface area contributed by atoms with E-state index < -0.39 is 17.8 Å². The number of barbiturate groups is 1. The number of carbonyl (C=O) groups excluding carboxylic acids is 3. The molecule has 124 valence electrons. The number of amides is 4. The molecule has 0 aromatic carbocycles. The third-order valence-electron chi connectivity index (χ3n) is 4.08. The molecule has 0 bridgehead atoms. The van der Waals surface area contributed by atoms with Crippen molar-refractivity contribution in [2.75, 3.05) is 27.8 Å². The molecule has 0 N–H and O–H groups in total. The molecule has 2 rings (SSSR count). The molecule has 1 aliphatic rings. The second-order valence-corrected chi connectivity index (χ2v) is 5.54. The normalized spacial score (nSPS) is 15.7. The number of likely N-dealkylation sites (N-methyl/N-ethyl adjacent to an activating group) is 2. The first-order valence-corrected chi connectivity index (χ1v) is 7.27. The molecule has 1 fully saturated rings. The summed E-state index contributed by atoms with van der Waals surface area (Å²) in [6.07, 6.45) is 1.55. The van der Waals surface area contributed by atoms with Crippen molar-refractivity contribution < 1.29 is 19.1 Å². The van der Waals surface area contributed by atoms with Gasteiger partial charge < -0.3 is 9.30 Å². The molecule has 0 spiro atoms. The summed E-state index contributed by atoms with van der Waals surface area (Å²) in [7, 11) is 4.37. The fourth-order valence-corrected chi connectivity index (χ4v) is 2.63. The number of hydrogen-bond acceptors (Lipinski definition) is 4. The maximum atomic E-state index is 12.2. The van der Waals surface area contributed by atoms with Crippen molar-refractivity contribution >= 4 is 23.9 Å². The predicted molar refractivity (Wildman–Crippen MR) is 84.7 cm³/mol. The van der Waals surface area contributed by atoms with Gasteiger partial charge >= 0.3 is 6.03 Å². The van der Waals surface area contributed by atoms with Gasteiger partial charge in [-0.05, 0) is 31.6 Å². The topological polar surface area (TPSA) is 71.8 Å². The van der Waals surface area contributed by atoms with Crippen LogP contribution in [0.25, 0.3) is 6.08 Å². The van der Waals surface area contributed by atoms with E-state index in [1.54, 1.807) is 13.2 Å². The Balaban J connectivity index is 2.43. The molecule has 1 aliphatic heterocycles. The fraction of sp³-hybridized carbons (Fsp3) is 0.438. The zero-order valence-electron chi connectivity index (χ0n) is 14.0. The summed E-state index contributed by atoms with van der Waals surface area (Å²) in [5.74, 6) is -1.17. The van der Waals surface area contributed by atoms with E-state index in [4.69, 9.17) is 4.74 Å². The summed E-state index contributed by atoms with van der Waals surface area (Å²) in [5, 5.41) is 0. The molecular formula is C16H21N3O4. The van der Waals surface area contributed by atoms with Crippen LogP contribution in [0.1, 0.15) is 17.0 Å². The minimum Gasteiger partial charge on any atom is -0.383 e. The average molecular weight is 319 g/mol. The number of urea groups is 1. The van der Waals surface area contributed by atoms with Crippen molar-refractivity contribution in [3.8, 4) is 0 Å². The lowest BCUT2D eigenvalue weighted by atomic mass is 10.1. The van der Waals surface area contributed by atoms with E-state index >= 15 is 0 Å². The summed E-state index contributed by atoms with van der Waals surface area (Å²) in [6.45, 7) is 5.14. The monoisotopic (exact) mass is 319 g/mol. The van der Waals surface area contributed by atoms with Crippen LogP contribution >= 0.6 is 0 Å². The molecule has 0 saturated carbocycles. The number of methoxy groups -OCH3 is 1. The van der Waals surface area contributed by atoms with E-state index in [0.29, 0.717) is 13.2 Å². The van der Waals surface area contributed by atoms with Crippen LogP contribution in [0.3, 0.4) is 0 Å². The Bertz CT molecular complexity index is 676. The first-order valence-electron chi connectivity index (χ1n) is 7.27. The van der Waals surface area contributed by atoms with Gasteiger partial charge in [0.2, 0.25) is 0 Å². The van der Waals surface area contributed by atoms with Gasteiger partial charge in [0.15, 0.2) is 0 Å². The van der Waals surface area contributed by atoms with Crippen molar-refractivity contribution in [2.45, 2.75) is 20.4 Å². The first-order chi connectivity index (χ1) is 10.8. The number of aryl methyl sites for hydroxylation is 1. The molecule has 0 atom stereocenters. The summed E-state index contributed by atoms with van der Waals surface area (Å²) in [5.41, 5.74) is 2.72. The first kappa shape index (κ1) is 17.0. The maximum Gasteiger partial charge on any atom is 0.333 e. The standard InChI is InChI=1S/C16H21N3O4/c1-10-8-12(11(2)19(10)6-7-23-5)9-13-14(20)17(3)16(22)18(4)15(13)21/h8-9H,6-7H2,1-5H3. The van der Waals surface area contributed by atoms with E-state index in [0.717, 1.165) is 26.8 Å². The van der Waals surface area contributed by atoms with Gasteiger partial charge in [-0.15, -0.1) is 0 Å². The number of rotatable bonds is 4. The van der Waals surface area contributed by atoms with Crippen LogP contribution in [0.2, 0.25) is 0 Å². The molecule has 0 aliphatic carbocycles. The quantitative estimate of drug-likeness (QED) is 0.617. The minimum absolute atomic E-state index is 0.0124. The van der Waals surface area contributed by atoms with Crippen LogP contribution in [-0.2, 0) is 20.9 Å². The Morgan fingerprint density at radius 3 is 2.17 bits per heavy atom. The minimum atomic E-state index is -0.622. The van der Waals surface area contributed by atoms with Gasteiger partial charge in [0, 0.05) is 39.1 Å². The highest BCUT2D eigenvalue weighted by Crippen LogP contribution is 2.22. The van der Waals surface area contributed by atoms with Crippen LogP contribution < -0.4 is 0 Å². The van der Waals surface area contributed by atoms with Crippen LogP contribution in [0, 0.1) is 13.8 Å². The van der Waals surface area contributed by atoms with Gasteiger partial charge in [0.05, 0.1) is 6.61 Å². The molecule has 7 nitrogen and oxygen atoms in total. The Hall–Kier alpha value is -2.41. The molecule has 0 unspecified atom stereocenters. The zero-order valence-corrected chi connectivity index (χ0v) is 14.0. The Kier molecular flexibility index (Phi) is 4.70. The molecular weight excluding hydrogens is 298 g/mol. The largest absolute Gasteiger partial charge is 0.383 e. The lowest BCUT2D eigenvalue weighted by Crippen LogP contribution is -2.52. The van der Waals surface area contributed by atoms with Crippen molar-refractivity contribution in [3.63, 3.8) is 0 Å². The number of aromatic nitrogens is 1. The van der Waals surface area contributed by atoms with E-state index in [1.165, 1.54) is 14.1 Å². The van der Waals surface area contributed by atoms with Gasteiger partial charge in [-0.2, -0.15) is 0 Å². The van der Waals surface area contributed by atoms with E-state index in [2.05, 4.69) is 4.57 Å². The summed E-state index contributed by atoms with van der Waals surface area (Å²) >= 11 is 0. The molecule has 2 heterocycles. The molecule has 1 saturated heterocycles. The molecule has 7 heteroatoms. The smallest absolute Gasteiger partial charge is 0.333 e. The molecule has 23 heavy (non-hydrogen) atoms. The predicted octanol–water partition coefficient (Wildman–Crippen LogP) is 1.19. The third kappa shape index (κ3) is 2.92. The lowest BCUT2D eigenvalue weighted by Gasteiger charge is -2.28. The van der Waals surface area contributed by atoms with Gasteiger partial charge in [-0.25, -0.2) is 4.79 Å². The Morgan fingerprint density at radius 1 is 1.09 bits per heavy atom. The third-order valence-corrected chi connectivity index (χ3v) is 4.08.